The molecular formula is C14H15N3O. The van der Waals surface area contributed by atoms with Gasteiger partial charge in [0.15, 0.2) is 0 Å². The maximum absolute atomic E-state index is 11.8. The number of benzene rings is 1. The second-order valence-electron chi connectivity index (χ2n) is 3.95. The number of pyridine rings is 1. The fourth-order valence-electron chi connectivity index (χ4n) is 1.59. The van der Waals surface area contributed by atoms with Crippen molar-refractivity contribution in [3.63, 3.8) is 0 Å². The molecule has 18 heavy (non-hydrogen) atoms. The Labute approximate surface area is 106 Å². The van der Waals surface area contributed by atoms with Gasteiger partial charge in [-0.3, -0.25) is 9.78 Å². The van der Waals surface area contributed by atoms with Gasteiger partial charge in [0.25, 0.3) is 5.91 Å². The number of hydrogen-bond donors (Lipinski definition) is 2. The number of carbonyl (C=O) groups is 1. The molecule has 0 aliphatic carbocycles. The van der Waals surface area contributed by atoms with E-state index in [0.717, 1.165) is 12.1 Å². The van der Waals surface area contributed by atoms with E-state index in [1.54, 1.807) is 30.5 Å². The van der Waals surface area contributed by atoms with Gasteiger partial charge < -0.3 is 11.1 Å². The Hall–Kier alpha value is -2.36. The molecule has 1 amide bonds. The maximum atomic E-state index is 11.8. The molecular weight excluding hydrogens is 226 g/mol. The molecule has 4 heteroatoms. The molecule has 0 bridgehead atoms. The van der Waals surface area contributed by atoms with E-state index < -0.39 is 0 Å². The highest BCUT2D eigenvalue weighted by molar-refractivity contribution is 5.94. The van der Waals surface area contributed by atoms with Gasteiger partial charge >= 0.3 is 0 Å². The lowest BCUT2D eigenvalue weighted by Crippen LogP contribution is -2.25. The molecule has 1 aromatic heterocycles. The van der Waals surface area contributed by atoms with Crippen LogP contribution in [0, 0.1) is 0 Å². The second-order valence-corrected chi connectivity index (χ2v) is 3.95. The highest BCUT2D eigenvalue weighted by atomic mass is 16.1. The van der Waals surface area contributed by atoms with Gasteiger partial charge in [-0.1, -0.05) is 6.07 Å². The highest BCUT2D eigenvalue weighted by Crippen LogP contribution is 2.05. The minimum atomic E-state index is -0.0917. The van der Waals surface area contributed by atoms with Crippen molar-refractivity contribution in [3.05, 3.63) is 59.9 Å². The molecule has 0 unspecified atom stereocenters. The van der Waals surface area contributed by atoms with Crippen LogP contribution in [0.25, 0.3) is 0 Å². The van der Waals surface area contributed by atoms with E-state index in [2.05, 4.69) is 10.3 Å². The zero-order valence-corrected chi connectivity index (χ0v) is 9.97. The Morgan fingerprint density at radius 2 is 1.94 bits per heavy atom. The summed E-state index contributed by atoms with van der Waals surface area (Å²) in [5.41, 5.74) is 7.80. The number of nitrogen functional groups attached to an aromatic ring is 1. The van der Waals surface area contributed by atoms with Gasteiger partial charge in [0.2, 0.25) is 0 Å². The minimum absolute atomic E-state index is 0.0917. The molecule has 0 fully saturated rings. The fraction of sp³-hybridized carbons (Fsp3) is 0.143. The summed E-state index contributed by atoms with van der Waals surface area (Å²) in [6.07, 6.45) is 2.47. The van der Waals surface area contributed by atoms with E-state index in [4.69, 9.17) is 5.73 Å². The number of nitrogens with zero attached hydrogens (tertiary/aromatic N) is 1. The average Bonchev–Trinajstić information content (AvgIpc) is 2.40. The Morgan fingerprint density at radius 3 is 2.61 bits per heavy atom. The first-order valence-corrected chi connectivity index (χ1v) is 5.79. The van der Waals surface area contributed by atoms with Crippen LogP contribution in [-0.2, 0) is 6.42 Å². The van der Waals surface area contributed by atoms with E-state index in [1.165, 1.54) is 0 Å². The van der Waals surface area contributed by atoms with Gasteiger partial charge in [0.05, 0.1) is 0 Å². The van der Waals surface area contributed by atoms with Crippen molar-refractivity contribution in [1.82, 2.24) is 10.3 Å². The molecule has 92 valence electrons. The number of amides is 1. The lowest BCUT2D eigenvalue weighted by Gasteiger charge is -2.05. The number of carbonyl (C=O) groups excluding carboxylic acids is 1. The van der Waals surface area contributed by atoms with Crippen LogP contribution < -0.4 is 11.1 Å². The van der Waals surface area contributed by atoms with Crippen LogP contribution in [0.4, 0.5) is 5.69 Å². The number of aromatic nitrogens is 1. The van der Waals surface area contributed by atoms with Crippen molar-refractivity contribution < 1.29 is 4.79 Å². The van der Waals surface area contributed by atoms with Crippen molar-refractivity contribution >= 4 is 11.6 Å². The number of hydrogen-bond acceptors (Lipinski definition) is 3. The molecule has 0 atom stereocenters. The smallest absolute Gasteiger partial charge is 0.251 e. The maximum Gasteiger partial charge on any atom is 0.251 e. The SMILES string of the molecule is Nc1ccc(C(=O)NCCc2ccccn2)cc1. The largest absolute Gasteiger partial charge is 0.399 e. The van der Waals surface area contributed by atoms with E-state index >= 15 is 0 Å². The first-order valence-electron chi connectivity index (χ1n) is 5.79. The summed E-state index contributed by atoms with van der Waals surface area (Å²) in [4.78, 5) is 16.0. The lowest BCUT2D eigenvalue weighted by molar-refractivity contribution is 0.0954. The molecule has 0 radical (unpaired) electrons. The summed E-state index contributed by atoms with van der Waals surface area (Å²) in [6.45, 7) is 0.570. The van der Waals surface area contributed by atoms with E-state index in [0.29, 0.717) is 17.8 Å². The monoisotopic (exact) mass is 241 g/mol. The summed E-state index contributed by atoms with van der Waals surface area (Å²) in [6, 6.07) is 12.6. The first-order chi connectivity index (χ1) is 8.75. The number of anilines is 1. The van der Waals surface area contributed by atoms with E-state index in [9.17, 15) is 4.79 Å². The van der Waals surface area contributed by atoms with Crippen LogP contribution in [-0.4, -0.2) is 17.4 Å². The normalized spacial score (nSPS) is 10.0. The molecule has 0 spiro atoms. The summed E-state index contributed by atoms with van der Waals surface area (Å²) in [5, 5.41) is 2.85. The quantitative estimate of drug-likeness (QED) is 0.799. The average molecular weight is 241 g/mol. The van der Waals surface area contributed by atoms with Gasteiger partial charge in [-0.05, 0) is 36.4 Å². The van der Waals surface area contributed by atoms with Crippen LogP contribution in [0.5, 0.6) is 0 Å². The van der Waals surface area contributed by atoms with E-state index in [-0.39, 0.29) is 5.91 Å². The van der Waals surface area contributed by atoms with Crippen molar-refractivity contribution in [1.29, 1.82) is 0 Å². The topological polar surface area (TPSA) is 68.0 Å². The summed E-state index contributed by atoms with van der Waals surface area (Å²) >= 11 is 0. The van der Waals surface area contributed by atoms with Crippen LogP contribution in [0.1, 0.15) is 16.1 Å². The zero-order valence-electron chi connectivity index (χ0n) is 9.97. The summed E-state index contributed by atoms with van der Waals surface area (Å²) in [5.74, 6) is -0.0917. The predicted octanol–water partition coefficient (Wildman–Crippen LogP) is 1.64. The Bertz CT molecular complexity index is 508. The molecule has 4 nitrogen and oxygen atoms in total. The van der Waals surface area contributed by atoms with Crippen LogP contribution in [0.3, 0.4) is 0 Å². The molecule has 2 rings (SSSR count). The third kappa shape index (κ3) is 3.31. The van der Waals surface area contributed by atoms with Crippen molar-refractivity contribution in [2.75, 3.05) is 12.3 Å². The minimum Gasteiger partial charge on any atom is -0.399 e. The van der Waals surface area contributed by atoms with Gasteiger partial charge in [-0.25, -0.2) is 0 Å². The van der Waals surface area contributed by atoms with Crippen LogP contribution >= 0.6 is 0 Å². The Kier molecular flexibility index (Phi) is 3.91. The lowest BCUT2D eigenvalue weighted by atomic mass is 10.2. The number of rotatable bonds is 4. The number of nitrogens with two attached hydrogens (primary N) is 1. The van der Waals surface area contributed by atoms with Gasteiger partial charge in [-0.2, -0.15) is 0 Å². The summed E-state index contributed by atoms with van der Waals surface area (Å²) in [7, 11) is 0. The molecule has 3 N–H and O–H groups in total. The molecule has 2 aromatic rings. The molecule has 0 aliphatic heterocycles. The van der Waals surface area contributed by atoms with Crippen molar-refractivity contribution in [3.8, 4) is 0 Å². The first kappa shape index (κ1) is 12.1. The molecule has 0 saturated heterocycles. The molecule has 1 aromatic carbocycles. The second kappa shape index (κ2) is 5.82. The van der Waals surface area contributed by atoms with Crippen LogP contribution in [0.2, 0.25) is 0 Å². The summed E-state index contributed by atoms with van der Waals surface area (Å²) < 4.78 is 0. The molecule has 0 aliphatic rings. The third-order valence-corrected chi connectivity index (χ3v) is 2.57. The van der Waals surface area contributed by atoms with Crippen molar-refractivity contribution in [2.24, 2.45) is 0 Å². The predicted molar refractivity (Wildman–Crippen MR) is 71.1 cm³/mol. The zero-order chi connectivity index (χ0) is 12.8. The van der Waals surface area contributed by atoms with Gasteiger partial charge in [0, 0.05) is 36.1 Å². The van der Waals surface area contributed by atoms with Crippen LogP contribution in [0.15, 0.2) is 48.7 Å². The van der Waals surface area contributed by atoms with Gasteiger partial charge in [-0.15, -0.1) is 0 Å². The standard InChI is InChI=1S/C14H15N3O/c15-12-6-4-11(5-7-12)14(18)17-10-8-13-3-1-2-9-16-13/h1-7,9H,8,10,15H2,(H,17,18). The fourth-order valence-corrected chi connectivity index (χ4v) is 1.59. The number of nitrogens with one attached hydrogen (secondary N) is 1. The van der Waals surface area contributed by atoms with E-state index in [1.807, 2.05) is 18.2 Å². The Morgan fingerprint density at radius 1 is 1.17 bits per heavy atom. The third-order valence-electron chi connectivity index (χ3n) is 2.57. The highest BCUT2D eigenvalue weighted by Gasteiger charge is 2.04. The van der Waals surface area contributed by atoms with Gasteiger partial charge in [0.1, 0.15) is 0 Å². The van der Waals surface area contributed by atoms with Crippen molar-refractivity contribution in [2.45, 2.75) is 6.42 Å². The molecule has 1 heterocycles. The molecule has 0 saturated carbocycles. The Balaban J connectivity index is 1.84.